The monoisotopic (exact) mass is 169 g/mol. The van der Waals surface area contributed by atoms with Gasteiger partial charge in [0.15, 0.2) is 0 Å². The first kappa shape index (κ1) is 8.52. The molecule has 2 heterocycles. The largest absolute Gasteiger partial charge is 0.376 e. The number of nitrogens with zero attached hydrogens (tertiary/aromatic N) is 1. The van der Waals surface area contributed by atoms with Gasteiger partial charge in [-0.25, -0.2) is 0 Å². The Hall–Kier alpha value is -0.0800. The smallest absolute Gasteiger partial charge is 0.0626 e. The van der Waals surface area contributed by atoms with Gasteiger partial charge in [0.25, 0.3) is 0 Å². The van der Waals surface area contributed by atoms with E-state index in [1.54, 1.807) is 0 Å². The molecule has 2 aliphatic heterocycles. The van der Waals surface area contributed by atoms with Crippen LogP contribution in [0.15, 0.2) is 0 Å². The van der Waals surface area contributed by atoms with Gasteiger partial charge in [0.1, 0.15) is 0 Å². The van der Waals surface area contributed by atoms with Crippen LogP contribution in [-0.4, -0.2) is 35.7 Å². The second-order valence-electron chi connectivity index (χ2n) is 5.00. The lowest BCUT2D eigenvalue weighted by atomic mass is 9.95. The van der Waals surface area contributed by atoms with Gasteiger partial charge in [-0.15, -0.1) is 0 Å². The molecule has 2 aliphatic rings. The van der Waals surface area contributed by atoms with E-state index in [1.165, 1.54) is 19.4 Å². The second-order valence-corrected chi connectivity index (χ2v) is 5.00. The van der Waals surface area contributed by atoms with Crippen molar-refractivity contribution < 1.29 is 4.74 Å². The fraction of sp³-hybridized carbons (Fsp3) is 1.00. The first-order chi connectivity index (χ1) is 5.57. The summed E-state index contributed by atoms with van der Waals surface area (Å²) in [5.74, 6) is 0. The van der Waals surface area contributed by atoms with Crippen LogP contribution in [0.2, 0.25) is 0 Å². The molecule has 12 heavy (non-hydrogen) atoms. The van der Waals surface area contributed by atoms with Gasteiger partial charge in [0.05, 0.1) is 12.7 Å². The van der Waals surface area contributed by atoms with Crippen molar-refractivity contribution in [1.82, 2.24) is 4.90 Å². The van der Waals surface area contributed by atoms with Crippen molar-refractivity contribution in [2.24, 2.45) is 0 Å². The third-order valence-electron chi connectivity index (χ3n) is 3.05. The van der Waals surface area contributed by atoms with E-state index in [9.17, 15) is 0 Å². The Morgan fingerprint density at radius 2 is 2.08 bits per heavy atom. The predicted molar refractivity (Wildman–Crippen MR) is 49.2 cm³/mol. The minimum Gasteiger partial charge on any atom is -0.376 e. The quantitative estimate of drug-likeness (QED) is 0.546. The molecule has 0 radical (unpaired) electrons. The molecular formula is C10H19NO. The molecule has 2 bridgehead atoms. The molecule has 2 fully saturated rings. The molecule has 0 N–H and O–H groups in total. The van der Waals surface area contributed by atoms with E-state index in [2.05, 4.69) is 25.7 Å². The number of hydrogen-bond acceptors (Lipinski definition) is 2. The maximum absolute atomic E-state index is 5.66. The Morgan fingerprint density at radius 3 is 2.75 bits per heavy atom. The highest BCUT2D eigenvalue weighted by Crippen LogP contribution is 2.31. The Balaban J connectivity index is 2.07. The van der Waals surface area contributed by atoms with Crippen LogP contribution in [0.3, 0.4) is 0 Å². The highest BCUT2D eigenvalue weighted by molar-refractivity contribution is 4.92. The van der Waals surface area contributed by atoms with Crippen LogP contribution in [-0.2, 0) is 4.74 Å². The van der Waals surface area contributed by atoms with E-state index < -0.39 is 0 Å². The van der Waals surface area contributed by atoms with Crippen molar-refractivity contribution in [1.29, 1.82) is 0 Å². The maximum Gasteiger partial charge on any atom is 0.0626 e. The Morgan fingerprint density at radius 1 is 1.33 bits per heavy atom. The van der Waals surface area contributed by atoms with Crippen molar-refractivity contribution in [3.63, 3.8) is 0 Å². The second kappa shape index (κ2) is 2.71. The summed E-state index contributed by atoms with van der Waals surface area (Å²) in [5, 5.41) is 0. The van der Waals surface area contributed by atoms with Crippen LogP contribution in [0.5, 0.6) is 0 Å². The molecule has 2 rings (SSSR count). The minimum atomic E-state index is 0.323. The molecule has 2 saturated heterocycles. The Kier molecular flexibility index (Phi) is 1.92. The summed E-state index contributed by atoms with van der Waals surface area (Å²) in [6.07, 6.45) is 3.07. The van der Waals surface area contributed by atoms with E-state index in [0.717, 1.165) is 6.61 Å². The van der Waals surface area contributed by atoms with Crippen molar-refractivity contribution in [3.05, 3.63) is 0 Å². The topological polar surface area (TPSA) is 12.5 Å². The molecule has 0 aromatic heterocycles. The summed E-state index contributed by atoms with van der Waals surface area (Å²) in [6.45, 7) is 9.07. The van der Waals surface area contributed by atoms with Crippen LogP contribution < -0.4 is 0 Å². The van der Waals surface area contributed by atoms with Crippen molar-refractivity contribution in [2.45, 2.75) is 51.3 Å². The van der Waals surface area contributed by atoms with Crippen LogP contribution >= 0.6 is 0 Å². The normalized spacial score (nSPS) is 37.2. The number of rotatable bonds is 0. The molecular weight excluding hydrogens is 150 g/mol. The molecule has 2 nitrogen and oxygen atoms in total. The molecule has 2 atom stereocenters. The molecule has 70 valence electrons. The maximum atomic E-state index is 5.66. The lowest BCUT2D eigenvalue weighted by Gasteiger charge is -2.41. The van der Waals surface area contributed by atoms with Gasteiger partial charge in [0.2, 0.25) is 0 Å². The first-order valence-electron chi connectivity index (χ1n) is 4.96. The summed E-state index contributed by atoms with van der Waals surface area (Å²) in [4.78, 5) is 2.59. The van der Waals surface area contributed by atoms with Gasteiger partial charge >= 0.3 is 0 Å². The first-order valence-corrected chi connectivity index (χ1v) is 4.96. The van der Waals surface area contributed by atoms with Crippen LogP contribution in [0.25, 0.3) is 0 Å². The lowest BCUT2D eigenvalue weighted by molar-refractivity contribution is 0.0693. The molecule has 0 saturated carbocycles. The van der Waals surface area contributed by atoms with Gasteiger partial charge in [0, 0.05) is 18.1 Å². The summed E-state index contributed by atoms with van der Waals surface area (Å²) >= 11 is 0. The van der Waals surface area contributed by atoms with E-state index in [-0.39, 0.29) is 0 Å². The molecule has 0 spiro atoms. The van der Waals surface area contributed by atoms with Gasteiger partial charge in [-0.05, 0) is 33.6 Å². The summed E-state index contributed by atoms with van der Waals surface area (Å²) in [6, 6.07) is 0.698. The Labute approximate surface area is 74.9 Å². The molecule has 0 amide bonds. The predicted octanol–water partition coefficient (Wildman–Crippen LogP) is 1.65. The molecule has 0 unspecified atom stereocenters. The molecule has 2 heteroatoms. The van der Waals surface area contributed by atoms with Gasteiger partial charge in [-0.3, -0.25) is 4.90 Å². The van der Waals surface area contributed by atoms with E-state index >= 15 is 0 Å². The average Bonchev–Trinajstić information content (AvgIpc) is 2.30. The molecule has 0 aromatic rings. The van der Waals surface area contributed by atoms with Gasteiger partial charge in [-0.1, -0.05) is 0 Å². The van der Waals surface area contributed by atoms with Crippen LogP contribution in [0.1, 0.15) is 33.6 Å². The zero-order valence-corrected chi connectivity index (χ0v) is 8.34. The third kappa shape index (κ3) is 1.38. The lowest BCUT2D eigenvalue weighted by Crippen LogP contribution is -2.51. The SMILES string of the molecule is CC(C)(C)N1CC[C@@H]2C[C@H]1CO2. The third-order valence-corrected chi connectivity index (χ3v) is 3.05. The van der Waals surface area contributed by atoms with E-state index in [0.29, 0.717) is 17.7 Å². The fourth-order valence-electron chi connectivity index (χ4n) is 2.45. The van der Waals surface area contributed by atoms with E-state index in [1.807, 2.05) is 0 Å². The number of ether oxygens (including phenoxy) is 1. The highest BCUT2D eigenvalue weighted by Gasteiger charge is 2.39. The number of piperidine rings is 1. The van der Waals surface area contributed by atoms with Crippen molar-refractivity contribution in [2.75, 3.05) is 13.2 Å². The zero-order valence-electron chi connectivity index (χ0n) is 8.34. The van der Waals surface area contributed by atoms with Crippen molar-refractivity contribution in [3.8, 4) is 0 Å². The summed E-state index contributed by atoms with van der Waals surface area (Å²) in [7, 11) is 0. The summed E-state index contributed by atoms with van der Waals surface area (Å²) in [5.41, 5.74) is 0.323. The standard InChI is InChI=1S/C10H19NO/c1-10(2,3)11-5-4-9-6-8(11)7-12-9/h8-9H,4-7H2,1-3H3/t8-,9+/m0/s1. The number of fused-ring (bicyclic) bond motifs is 2. The molecule has 0 aromatic carbocycles. The number of hydrogen-bond donors (Lipinski definition) is 0. The van der Waals surface area contributed by atoms with Gasteiger partial charge in [-0.2, -0.15) is 0 Å². The highest BCUT2D eigenvalue weighted by atomic mass is 16.5. The minimum absolute atomic E-state index is 0.323. The fourth-order valence-corrected chi connectivity index (χ4v) is 2.45. The van der Waals surface area contributed by atoms with Gasteiger partial charge < -0.3 is 4.74 Å². The zero-order chi connectivity index (χ0) is 8.77. The molecule has 0 aliphatic carbocycles. The van der Waals surface area contributed by atoms with Crippen LogP contribution in [0, 0.1) is 0 Å². The number of likely N-dealkylation sites (tertiary alicyclic amines) is 1. The van der Waals surface area contributed by atoms with E-state index in [4.69, 9.17) is 4.74 Å². The summed E-state index contributed by atoms with van der Waals surface area (Å²) < 4.78 is 5.66. The average molecular weight is 169 g/mol. The van der Waals surface area contributed by atoms with Crippen molar-refractivity contribution >= 4 is 0 Å². The van der Waals surface area contributed by atoms with Crippen LogP contribution in [0.4, 0.5) is 0 Å². The Bertz CT molecular complexity index is 173.